The quantitative estimate of drug-likeness (QED) is 0.825. The monoisotopic (exact) mass is 221 g/mol. The molecule has 0 aliphatic heterocycles. The molecule has 1 rings (SSSR count). The van der Waals surface area contributed by atoms with Gasteiger partial charge in [-0.15, -0.1) is 0 Å². The van der Waals surface area contributed by atoms with Crippen molar-refractivity contribution in [1.82, 2.24) is 5.32 Å². The Morgan fingerprint density at radius 1 is 1.31 bits per heavy atom. The molecule has 0 heterocycles. The van der Waals surface area contributed by atoms with Gasteiger partial charge in [0.25, 0.3) is 0 Å². The fourth-order valence-corrected chi connectivity index (χ4v) is 1.91. The van der Waals surface area contributed by atoms with E-state index in [1.54, 1.807) is 0 Å². The van der Waals surface area contributed by atoms with Crippen molar-refractivity contribution in [1.29, 1.82) is 0 Å². The van der Waals surface area contributed by atoms with Crippen molar-refractivity contribution in [2.24, 2.45) is 0 Å². The zero-order chi connectivity index (χ0) is 12.1. The van der Waals surface area contributed by atoms with Crippen LogP contribution in [0.5, 0.6) is 5.75 Å². The first-order chi connectivity index (χ1) is 7.60. The maximum Gasteiger partial charge on any atom is 0.122 e. The van der Waals surface area contributed by atoms with Gasteiger partial charge < -0.3 is 10.1 Å². The molecular formula is C14H23NO. The molecule has 0 saturated heterocycles. The zero-order valence-electron chi connectivity index (χ0n) is 11.0. The Kier molecular flexibility index (Phi) is 4.81. The zero-order valence-corrected chi connectivity index (χ0v) is 11.0. The van der Waals surface area contributed by atoms with Crippen LogP contribution < -0.4 is 10.1 Å². The molecule has 0 aliphatic carbocycles. The van der Waals surface area contributed by atoms with Gasteiger partial charge in [-0.2, -0.15) is 0 Å². The third-order valence-electron chi connectivity index (χ3n) is 3.25. The van der Waals surface area contributed by atoms with Crippen molar-refractivity contribution < 1.29 is 4.74 Å². The number of rotatable bonds is 5. The third-order valence-corrected chi connectivity index (χ3v) is 3.25. The van der Waals surface area contributed by atoms with Gasteiger partial charge in [0.05, 0.1) is 0 Å². The van der Waals surface area contributed by atoms with E-state index < -0.39 is 0 Å². The highest BCUT2D eigenvalue weighted by Crippen LogP contribution is 2.22. The molecule has 2 heteroatoms. The molecule has 0 aromatic heterocycles. The van der Waals surface area contributed by atoms with Crippen molar-refractivity contribution in [3.8, 4) is 5.75 Å². The van der Waals surface area contributed by atoms with Crippen LogP contribution in [0.2, 0.25) is 0 Å². The van der Waals surface area contributed by atoms with Crippen molar-refractivity contribution in [2.45, 2.75) is 46.3 Å². The van der Waals surface area contributed by atoms with Gasteiger partial charge >= 0.3 is 0 Å². The van der Waals surface area contributed by atoms with Gasteiger partial charge in [-0.1, -0.05) is 19.1 Å². The summed E-state index contributed by atoms with van der Waals surface area (Å²) in [5, 5.41) is 3.28. The maximum atomic E-state index is 6.01. The van der Waals surface area contributed by atoms with Crippen molar-refractivity contribution in [3.63, 3.8) is 0 Å². The first-order valence-electron chi connectivity index (χ1n) is 6.00. The van der Waals surface area contributed by atoms with E-state index in [0.717, 1.165) is 12.2 Å². The molecule has 0 bridgehead atoms. The van der Waals surface area contributed by atoms with E-state index in [-0.39, 0.29) is 6.10 Å². The van der Waals surface area contributed by atoms with Crippen LogP contribution in [0.1, 0.15) is 31.4 Å². The first kappa shape index (κ1) is 13.0. The second-order valence-electron chi connectivity index (χ2n) is 4.32. The molecule has 16 heavy (non-hydrogen) atoms. The lowest BCUT2D eigenvalue weighted by molar-refractivity contribution is 0.170. The van der Waals surface area contributed by atoms with Gasteiger partial charge in [-0.05, 0) is 51.4 Å². The van der Waals surface area contributed by atoms with E-state index in [1.165, 1.54) is 11.1 Å². The molecule has 0 fully saturated rings. The molecule has 0 saturated carbocycles. The van der Waals surface area contributed by atoms with Crippen LogP contribution in [-0.4, -0.2) is 19.2 Å². The highest BCUT2D eigenvalue weighted by Gasteiger charge is 2.15. The second kappa shape index (κ2) is 5.90. The molecule has 1 aromatic carbocycles. The smallest absolute Gasteiger partial charge is 0.122 e. The summed E-state index contributed by atoms with van der Waals surface area (Å²) in [6.45, 7) is 8.51. The van der Waals surface area contributed by atoms with Gasteiger partial charge in [0, 0.05) is 6.04 Å². The van der Waals surface area contributed by atoms with Gasteiger partial charge in [-0.3, -0.25) is 0 Å². The summed E-state index contributed by atoms with van der Waals surface area (Å²) in [5.41, 5.74) is 2.52. The minimum atomic E-state index is 0.190. The molecular weight excluding hydrogens is 198 g/mol. The summed E-state index contributed by atoms with van der Waals surface area (Å²) < 4.78 is 6.01. The number of hydrogen-bond donors (Lipinski definition) is 1. The Hall–Kier alpha value is -1.02. The number of nitrogens with one attached hydrogen (secondary N) is 1. The minimum Gasteiger partial charge on any atom is -0.489 e. The van der Waals surface area contributed by atoms with Crippen LogP contribution in [0.25, 0.3) is 0 Å². The normalized spacial score (nSPS) is 14.6. The van der Waals surface area contributed by atoms with E-state index in [0.29, 0.717) is 6.04 Å². The minimum absolute atomic E-state index is 0.190. The topological polar surface area (TPSA) is 21.3 Å². The number of hydrogen-bond acceptors (Lipinski definition) is 2. The fourth-order valence-electron chi connectivity index (χ4n) is 1.91. The Morgan fingerprint density at radius 2 is 2.00 bits per heavy atom. The number of aryl methyl sites for hydroxylation is 1. The summed E-state index contributed by atoms with van der Waals surface area (Å²) in [5.74, 6) is 1.00. The van der Waals surface area contributed by atoms with Gasteiger partial charge in [-0.25, -0.2) is 0 Å². The molecule has 1 aromatic rings. The van der Waals surface area contributed by atoms with Crippen molar-refractivity contribution in [2.75, 3.05) is 7.05 Å². The van der Waals surface area contributed by atoms with Gasteiger partial charge in [0.1, 0.15) is 11.9 Å². The summed E-state index contributed by atoms with van der Waals surface area (Å²) in [6.07, 6.45) is 1.26. The van der Waals surface area contributed by atoms with Crippen LogP contribution in [0.3, 0.4) is 0 Å². The lowest BCUT2D eigenvalue weighted by Crippen LogP contribution is -2.38. The summed E-state index contributed by atoms with van der Waals surface area (Å²) in [4.78, 5) is 0. The molecule has 2 unspecified atom stereocenters. The van der Waals surface area contributed by atoms with Crippen LogP contribution >= 0.6 is 0 Å². The SMILES string of the molecule is CCC(NC)C(C)Oc1cccc(C)c1C. The lowest BCUT2D eigenvalue weighted by atomic mass is 10.1. The number of likely N-dealkylation sites (N-methyl/N-ethyl adjacent to an activating group) is 1. The van der Waals surface area contributed by atoms with Crippen LogP contribution in [0, 0.1) is 13.8 Å². The van der Waals surface area contributed by atoms with E-state index in [1.807, 2.05) is 19.2 Å². The predicted molar refractivity (Wildman–Crippen MR) is 69.1 cm³/mol. The van der Waals surface area contributed by atoms with E-state index in [4.69, 9.17) is 4.74 Å². The molecule has 0 spiro atoms. The fraction of sp³-hybridized carbons (Fsp3) is 0.571. The number of ether oxygens (including phenoxy) is 1. The van der Waals surface area contributed by atoms with Crippen LogP contribution in [0.15, 0.2) is 18.2 Å². The van der Waals surface area contributed by atoms with E-state index >= 15 is 0 Å². The van der Waals surface area contributed by atoms with E-state index in [9.17, 15) is 0 Å². The largest absolute Gasteiger partial charge is 0.489 e. The average Bonchev–Trinajstić information content (AvgIpc) is 2.26. The molecule has 1 N–H and O–H groups in total. The van der Waals surface area contributed by atoms with Gasteiger partial charge in [0.2, 0.25) is 0 Å². The average molecular weight is 221 g/mol. The van der Waals surface area contributed by atoms with Crippen molar-refractivity contribution >= 4 is 0 Å². The molecule has 2 nitrogen and oxygen atoms in total. The molecule has 90 valence electrons. The molecule has 0 amide bonds. The standard InChI is InChI=1S/C14H23NO/c1-6-13(15-5)12(4)16-14-9-7-8-10(2)11(14)3/h7-9,12-13,15H,6H2,1-5H3. The second-order valence-corrected chi connectivity index (χ2v) is 4.32. The van der Waals surface area contributed by atoms with Gasteiger partial charge in [0.15, 0.2) is 0 Å². The Morgan fingerprint density at radius 3 is 2.56 bits per heavy atom. The first-order valence-corrected chi connectivity index (χ1v) is 6.00. The summed E-state index contributed by atoms with van der Waals surface area (Å²) in [6, 6.07) is 6.61. The molecule has 2 atom stereocenters. The Bertz CT molecular complexity index is 332. The van der Waals surface area contributed by atoms with Crippen LogP contribution in [-0.2, 0) is 0 Å². The molecule has 0 aliphatic rings. The third kappa shape index (κ3) is 2.99. The Labute approximate surface area is 99.0 Å². The highest BCUT2D eigenvalue weighted by atomic mass is 16.5. The lowest BCUT2D eigenvalue weighted by Gasteiger charge is -2.24. The van der Waals surface area contributed by atoms with E-state index in [2.05, 4.69) is 39.1 Å². The number of benzene rings is 1. The summed E-state index contributed by atoms with van der Waals surface area (Å²) in [7, 11) is 1.98. The predicted octanol–water partition coefficient (Wildman–Crippen LogP) is 3.07. The van der Waals surface area contributed by atoms with Crippen molar-refractivity contribution in [3.05, 3.63) is 29.3 Å². The Balaban J connectivity index is 2.76. The van der Waals surface area contributed by atoms with Crippen LogP contribution in [0.4, 0.5) is 0 Å². The maximum absolute atomic E-state index is 6.01. The summed E-state index contributed by atoms with van der Waals surface area (Å²) >= 11 is 0. The molecule has 0 radical (unpaired) electrons. The highest BCUT2D eigenvalue weighted by molar-refractivity contribution is 5.38.